The third-order valence-corrected chi connectivity index (χ3v) is 5.72. The summed E-state index contributed by atoms with van der Waals surface area (Å²) in [5, 5.41) is 6.69. The quantitative estimate of drug-likeness (QED) is 0.202. The van der Waals surface area contributed by atoms with Gasteiger partial charge in [0.25, 0.3) is 0 Å². The summed E-state index contributed by atoms with van der Waals surface area (Å²) in [5.41, 5.74) is 1.15. The third kappa shape index (κ3) is 9.07. The van der Waals surface area contributed by atoms with Crippen LogP contribution in [0.3, 0.4) is 0 Å². The molecule has 176 valence electrons. The average Bonchev–Trinajstić information content (AvgIpc) is 3.32. The predicted molar refractivity (Wildman–Crippen MR) is 137 cm³/mol. The third-order valence-electron chi connectivity index (χ3n) is 5.72. The zero-order chi connectivity index (χ0) is 21.0. The van der Waals surface area contributed by atoms with Crippen LogP contribution in [0.5, 0.6) is 0 Å². The average molecular weight is 546 g/mol. The van der Waals surface area contributed by atoms with Gasteiger partial charge in [-0.1, -0.05) is 13.0 Å². The van der Waals surface area contributed by atoms with Crippen molar-refractivity contribution >= 4 is 35.8 Å². The highest BCUT2D eigenvalue weighted by Crippen LogP contribution is 2.14. The Kier molecular flexibility index (Phi) is 12.5. The molecular weight excluding hydrogens is 507 g/mol. The lowest BCUT2D eigenvalue weighted by atomic mass is 10.2. The van der Waals surface area contributed by atoms with E-state index < -0.39 is 0 Å². The lowest BCUT2D eigenvalue weighted by Crippen LogP contribution is -2.46. The maximum absolute atomic E-state index is 5.70. The van der Waals surface area contributed by atoms with Crippen molar-refractivity contribution in [1.82, 2.24) is 20.5 Å². The number of likely N-dealkylation sites (N-methyl/N-ethyl adjacent to an activating group) is 1. The topological polar surface area (TPSA) is 74.2 Å². The number of hydrogen-bond acceptors (Lipinski definition) is 6. The van der Waals surface area contributed by atoms with Gasteiger partial charge in [-0.2, -0.15) is 0 Å². The Morgan fingerprint density at radius 3 is 2.74 bits per heavy atom. The van der Waals surface area contributed by atoms with Crippen molar-refractivity contribution in [2.24, 2.45) is 4.99 Å². The van der Waals surface area contributed by atoms with Crippen molar-refractivity contribution in [2.45, 2.75) is 38.8 Å². The second kappa shape index (κ2) is 14.8. The predicted octanol–water partition coefficient (Wildman–Crippen LogP) is 2.09. The van der Waals surface area contributed by atoms with Crippen LogP contribution < -0.4 is 15.5 Å². The second-order valence-electron chi connectivity index (χ2n) is 7.86. The zero-order valence-corrected chi connectivity index (χ0v) is 21.3. The van der Waals surface area contributed by atoms with Gasteiger partial charge in [-0.05, 0) is 37.4 Å². The van der Waals surface area contributed by atoms with E-state index in [0.717, 1.165) is 89.1 Å². The summed E-state index contributed by atoms with van der Waals surface area (Å²) in [5.74, 6) is 1.87. The number of ether oxygens (including phenoxy) is 2. The Hall–Kier alpha value is -1.17. The Morgan fingerprint density at radius 1 is 1.26 bits per heavy atom. The fourth-order valence-electron chi connectivity index (χ4n) is 3.78. The summed E-state index contributed by atoms with van der Waals surface area (Å²) < 4.78 is 11.3. The number of aromatic nitrogens is 1. The molecule has 1 aromatic rings. The van der Waals surface area contributed by atoms with Gasteiger partial charge in [0.15, 0.2) is 5.96 Å². The molecule has 3 rings (SSSR count). The highest BCUT2D eigenvalue weighted by molar-refractivity contribution is 14.0. The highest BCUT2D eigenvalue weighted by Gasteiger charge is 2.16. The van der Waals surface area contributed by atoms with Crippen LogP contribution in [0.1, 0.15) is 31.7 Å². The molecule has 2 saturated heterocycles. The lowest BCUT2D eigenvalue weighted by Gasteiger charge is -2.34. The van der Waals surface area contributed by atoms with E-state index in [0.29, 0.717) is 19.3 Å². The van der Waals surface area contributed by atoms with Gasteiger partial charge in [-0.15, -0.1) is 24.0 Å². The molecule has 2 fully saturated rings. The smallest absolute Gasteiger partial charge is 0.191 e. The molecule has 0 aliphatic carbocycles. The van der Waals surface area contributed by atoms with Gasteiger partial charge in [0.2, 0.25) is 0 Å². The molecule has 9 heteroatoms. The van der Waals surface area contributed by atoms with Crippen molar-refractivity contribution in [3.63, 3.8) is 0 Å². The Morgan fingerprint density at radius 2 is 2.10 bits per heavy atom. The van der Waals surface area contributed by atoms with Crippen molar-refractivity contribution in [2.75, 3.05) is 71.0 Å². The molecule has 0 radical (unpaired) electrons. The van der Waals surface area contributed by atoms with E-state index in [4.69, 9.17) is 9.47 Å². The maximum Gasteiger partial charge on any atom is 0.191 e. The zero-order valence-electron chi connectivity index (χ0n) is 19.0. The second-order valence-corrected chi connectivity index (χ2v) is 7.86. The molecule has 1 aromatic heterocycles. The molecule has 8 nitrogen and oxygen atoms in total. The molecule has 31 heavy (non-hydrogen) atoms. The number of aliphatic imine (C=N–C) groups is 1. The summed E-state index contributed by atoms with van der Waals surface area (Å²) in [4.78, 5) is 13.8. The maximum atomic E-state index is 5.70. The first-order chi connectivity index (χ1) is 14.8. The number of nitrogens with zero attached hydrogens (tertiary/aromatic N) is 4. The van der Waals surface area contributed by atoms with E-state index in [1.165, 1.54) is 0 Å². The van der Waals surface area contributed by atoms with Crippen LogP contribution in [0, 0.1) is 0 Å². The molecule has 0 amide bonds. The molecule has 2 aliphatic heterocycles. The van der Waals surface area contributed by atoms with E-state index in [2.05, 4.69) is 49.5 Å². The Bertz CT molecular complexity index is 631. The Labute approximate surface area is 204 Å². The number of anilines is 1. The number of hydrogen-bond donors (Lipinski definition) is 2. The van der Waals surface area contributed by atoms with Crippen LogP contribution in [0.15, 0.2) is 23.3 Å². The first-order valence-corrected chi connectivity index (χ1v) is 11.3. The van der Waals surface area contributed by atoms with E-state index in [9.17, 15) is 0 Å². The van der Waals surface area contributed by atoms with E-state index >= 15 is 0 Å². The van der Waals surface area contributed by atoms with Crippen molar-refractivity contribution in [3.8, 4) is 0 Å². The van der Waals surface area contributed by atoms with E-state index in [-0.39, 0.29) is 24.0 Å². The minimum atomic E-state index is 0. The number of nitrogens with one attached hydrogen (secondary N) is 2. The summed E-state index contributed by atoms with van der Waals surface area (Å²) in [7, 11) is 1.79. The fraction of sp³-hybridized carbons (Fsp3) is 0.727. The molecule has 0 saturated carbocycles. The van der Waals surface area contributed by atoms with Gasteiger partial charge in [-0.25, -0.2) is 4.98 Å². The number of piperazine rings is 1. The first-order valence-electron chi connectivity index (χ1n) is 11.3. The number of pyridine rings is 1. The molecular formula is C22H39IN6O2. The molecule has 0 spiro atoms. The molecule has 1 atom stereocenters. The molecule has 3 heterocycles. The lowest BCUT2D eigenvalue weighted by molar-refractivity contribution is 0.0168. The van der Waals surface area contributed by atoms with Crippen LogP contribution in [0.25, 0.3) is 0 Å². The molecule has 1 unspecified atom stereocenters. The van der Waals surface area contributed by atoms with Gasteiger partial charge in [0, 0.05) is 65.7 Å². The van der Waals surface area contributed by atoms with Gasteiger partial charge in [0.05, 0.1) is 12.7 Å². The van der Waals surface area contributed by atoms with Crippen molar-refractivity contribution in [3.05, 3.63) is 23.9 Å². The standard InChI is InChI=1S/C22H38N6O2.HI/c1-3-27-10-12-28(13-11-27)21-8-7-19(16-25-21)17-26-22(23-2)24-9-5-14-29-18-20-6-4-15-30-20;/h7-8,16,20H,3-6,9-15,17-18H2,1-2H3,(H2,23,24,26);1H. The van der Waals surface area contributed by atoms with Gasteiger partial charge in [-0.3, -0.25) is 4.99 Å². The van der Waals surface area contributed by atoms with Crippen molar-refractivity contribution < 1.29 is 9.47 Å². The number of guanidine groups is 1. The van der Waals surface area contributed by atoms with E-state index in [1.54, 1.807) is 7.05 Å². The Balaban J connectivity index is 0.00000341. The van der Waals surface area contributed by atoms with E-state index in [1.807, 2.05) is 6.20 Å². The highest BCUT2D eigenvalue weighted by atomic mass is 127. The number of halogens is 1. The SMILES string of the molecule is CCN1CCN(c2ccc(CNC(=NC)NCCCOCC3CCCO3)cn2)CC1.I. The van der Waals surface area contributed by atoms with Gasteiger partial charge < -0.3 is 29.9 Å². The van der Waals surface area contributed by atoms with Crippen LogP contribution >= 0.6 is 24.0 Å². The fourth-order valence-corrected chi connectivity index (χ4v) is 3.78. The monoisotopic (exact) mass is 546 g/mol. The summed E-state index contributed by atoms with van der Waals surface area (Å²) >= 11 is 0. The summed E-state index contributed by atoms with van der Waals surface area (Å²) in [6.45, 7) is 11.5. The molecule has 0 bridgehead atoms. The molecule has 2 aliphatic rings. The van der Waals surface area contributed by atoms with Gasteiger partial charge >= 0.3 is 0 Å². The van der Waals surface area contributed by atoms with Crippen LogP contribution in [0.4, 0.5) is 5.82 Å². The minimum Gasteiger partial charge on any atom is -0.379 e. The summed E-state index contributed by atoms with van der Waals surface area (Å²) in [6, 6.07) is 4.27. The van der Waals surface area contributed by atoms with Crippen LogP contribution in [0.2, 0.25) is 0 Å². The van der Waals surface area contributed by atoms with Crippen molar-refractivity contribution in [1.29, 1.82) is 0 Å². The molecule has 2 N–H and O–H groups in total. The van der Waals surface area contributed by atoms with Gasteiger partial charge in [0.1, 0.15) is 5.82 Å². The van der Waals surface area contributed by atoms with Crippen LogP contribution in [-0.2, 0) is 16.0 Å². The largest absolute Gasteiger partial charge is 0.379 e. The van der Waals surface area contributed by atoms with Crippen LogP contribution in [-0.4, -0.2) is 88.1 Å². The first kappa shape index (κ1) is 26.1. The number of rotatable bonds is 10. The normalized spacial score (nSPS) is 19.9. The minimum absolute atomic E-state index is 0. The molecule has 0 aromatic carbocycles. The summed E-state index contributed by atoms with van der Waals surface area (Å²) in [6.07, 6.45) is 5.48.